The molecule has 304 valence electrons. The molecule has 0 radical (unpaired) electrons. The summed E-state index contributed by atoms with van der Waals surface area (Å²) in [5.41, 5.74) is 0.369. The number of hydrogen-bond donors (Lipinski definition) is 3. The van der Waals surface area contributed by atoms with Crippen molar-refractivity contribution in [2.24, 2.45) is 17.8 Å². The van der Waals surface area contributed by atoms with Crippen LogP contribution >= 0.6 is 0 Å². The highest BCUT2D eigenvalue weighted by atomic mass is 32.2. The van der Waals surface area contributed by atoms with E-state index in [9.17, 15) is 27.6 Å². The number of nitrogens with one attached hydrogen (secondary N) is 3. The van der Waals surface area contributed by atoms with Crippen LogP contribution in [0.2, 0.25) is 0 Å². The number of pyridine rings is 1. The summed E-state index contributed by atoms with van der Waals surface area (Å²) in [6.07, 6.45) is 8.28. The molecular formula is C41H61N5O8S. The highest BCUT2D eigenvalue weighted by molar-refractivity contribution is 7.92. The Morgan fingerprint density at radius 3 is 2.22 bits per heavy atom. The van der Waals surface area contributed by atoms with Gasteiger partial charge in [0.15, 0.2) is 16.4 Å². The van der Waals surface area contributed by atoms with Crippen molar-refractivity contribution < 1.29 is 37.1 Å². The predicted molar refractivity (Wildman–Crippen MR) is 211 cm³/mol. The van der Waals surface area contributed by atoms with E-state index in [-0.39, 0.29) is 18.9 Å². The van der Waals surface area contributed by atoms with Crippen LogP contribution in [-0.2, 0) is 40.2 Å². The fourth-order valence-corrected chi connectivity index (χ4v) is 7.95. The van der Waals surface area contributed by atoms with Crippen molar-refractivity contribution in [3.63, 3.8) is 0 Å². The van der Waals surface area contributed by atoms with Gasteiger partial charge >= 0.3 is 5.97 Å². The standard InChI is InChI=1S/C41H61N5O8S/c1-27(2)39(50)54-34(25-46-24-30-18-13-12-17-29(30)22-33(46)37(48)45-40(3,4)5)32(21-28-15-10-9-11-16-28)43-38(49)36(41(6,7)55(8,51)52)44-35(47)26-53-31-19-14-20-42-23-31/h9-11,14-16,19-20,23,27,29-30,32-34,36H,12-13,17-18,21-22,24-26H2,1-8H3,(H,43,49)(H,44,47)(H,45,48)/t29-,30+,32-,33-,34+,36+/m0/s1. The van der Waals surface area contributed by atoms with Gasteiger partial charge in [-0.15, -0.1) is 0 Å². The summed E-state index contributed by atoms with van der Waals surface area (Å²) in [7, 11) is -3.93. The van der Waals surface area contributed by atoms with Gasteiger partial charge in [-0.05, 0) is 83.4 Å². The van der Waals surface area contributed by atoms with Crippen molar-refractivity contribution in [1.82, 2.24) is 25.8 Å². The molecule has 55 heavy (non-hydrogen) atoms. The number of piperidine rings is 1. The van der Waals surface area contributed by atoms with Crippen molar-refractivity contribution in [2.75, 3.05) is 26.0 Å². The lowest BCUT2D eigenvalue weighted by molar-refractivity contribution is -0.158. The van der Waals surface area contributed by atoms with E-state index in [1.807, 2.05) is 51.1 Å². The van der Waals surface area contributed by atoms with Gasteiger partial charge in [0.05, 0.1) is 28.9 Å². The molecule has 1 aromatic heterocycles. The van der Waals surface area contributed by atoms with Gasteiger partial charge in [-0.1, -0.05) is 63.4 Å². The molecule has 3 N–H and O–H groups in total. The van der Waals surface area contributed by atoms with Gasteiger partial charge in [-0.25, -0.2) is 8.42 Å². The number of amides is 3. The highest BCUT2D eigenvalue weighted by Gasteiger charge is 2.47. The summed E-state index contributed by atoms with van der Waals surface area (Å²) in [4.78, 5) is 61.2. The SMILES string of the molecule is CC(C)C(=O)O[C@H](CN1C[C@H]2CCCC[C@H]2C[C@H]1C(=O)NC(C)(C)C)[C@H](Cc1ccccc1)NC(=O)[C@@H](NC(=O)COc1cccnc1)C(C)(C)S(C)(=O)=O. The maximum atomic E-state index is 14.5. The molecule has 3 amide bonds. The lowest BCUT2D eigenvalue weighted by atomic mass is 9.72. The number of fused-ring (bicyclic) bond motifs is 1. The molecule has 0 bridgehead atoms. The number of rotatable bonds is 16. The third-order valence-corrected chi connectivity index (χ3v) is 12.9. The minimum absolute atomic E-state index is 0.0970. The number of hydrogen-bond acceptors (Lipinski definition) is 10. The van der Waals surface area contributed by atoms with E-state index in [4.69, 9.17) is 9.47 Å². The minimum Gasteiger partial charge on any atom is -0.482 e. The Balaban J connectivity index is 1.71. The molecule has 1 aliphatic heterocycles. The van der Waals surface area contributed by atoms with Crippen LogP contribution < -0.4 is 20.7 Å². The summed E-state index contributed by atoms with van der Waals surface area (Å²) in [5, 5.41) is 8.80. The topological polar surface area (TPSA) is 173 Å². The Morgan fingerprint density at radius 1 is 0.945 bits per heavy atom. The third kappa shape index (κ3) is 12.5. The van der Waals surface area contributed by atoms with E-state index in [0.717, 1.165) is 37.5 Å². The average molecular weight is 784 g/mol. The van der Waals surface area contributed by atoms with Gasteiger partial charge in [0.1, 0.15) is 17.9 Å². The summed E-state index contributed by atoms with van der Waals surface area (Å²) in [6.45, 7) is 12.3. The molecule has 2 aromatic rings. The number of carbonyl (C=O) groups excluding carboxylic acids is 4. The maximum Gasteiger partial charge on any atom is 0.308 e. The van der Waals surface area contributed by atoms with E-state index in [0.29, 0.717) is 30.6 Å². The molecule has 2 fully saturated rings. The van der Waals surface area contributed by atoms with Crippen LogP contribution in [0.1, 0.15) is 86.1 Å². The molecule has 14 heteroatoms. The van der Waals surface area contributed by atoms with Crippen molar-refractivity contribution in [2.45, 2.75) is 122 Å². The Hall–Kier alpha value is -4.04. The Morgan fingerprint density at radius 2 is 1.62 bits per heavy atom. The fourth-order valence-electron chi connectivity index (χ4n) is 7.35. The number of benzene rings is 1. The number of likely N-dealkylation sites (tertiary alicyclic amines) is 1. The number of aromatic nitrogens is 1. The minimum atomic E-state index is -3.93. The Bertz CT molecular complexity index is 1710. The van der Waals surface area contributed by atoms with Gasteiger partial charge in [0, 0.05) is 31.1 Å². The molecule has 1 saturated heterocycles. The molecule has 2 heterocycles. The van der Waals surface area contributed by atoms with Crippen molar-refractivity contribution in [3.05, 3.63) is 60.4 Å². The van der Waals surface area contributed by atoms with Gasteiger partial charge in [0.25, 0.3) is 5.91 Å². The second kappa shape index (κ2) is 18.7. The molecule has 0 unspecified atom stereocenters. The summed E-state index contributed by atoms with van der Waals surface area (Å²) in [6, 6.07) is 9.71. The van der Waals surface area contributed by atoms with Crippen LogP contribution in [-0.4, -0.2) is 102 Å². The van der Waals surface area contributed by atoms with Crippen LogP contribution in [0.15, 0.2) is 54.9 Å². The number of carbonyl (C=O) groups is 4. The first-order valence-corrected chi connectivity index (χ1v) is 21.3. The monoisotopic (exact) mass is 783 g/mol. The highest BCUT2D eigenvalue weighted by Crippen LogP contribution is 2.39. The normalized spacial score (nSPS) is 21.0. The quantitative estimate of drug-likeness (QED) is 0.212. The van der Waals surface area contributed by atoms with Gasteiger partial charge in [-0.2, -0.15) is 0 Å². The van der Waals surface area contributed by atoms with E-state index >= 15 is 0 Å². The van der Waals surface area contributed by atoms with Gasteiger partial charge in [-0.3, -0.25) is 29.1 Å². The molecule has 2 aliphatic rings. The summed E-state index contributed by atoms with van der Waals surface area (Å²) >= 11 is 0. The molecule has 6 atom stereocenters. The first-order valence-electron chi connectivity index (χ1n) is 19.4. The summed E-state index contributed by atoms with van der Waals surface area (Å²) in [5.74, 6) is -1.45. The molecule has 13 nitrogen and oxygen atoms in total. The third-order valence-electron chi connectivity index (χ3n) is 10.8. The second-order valence-corrected chi connectivity index (χ2v) is 19.6. The van der Waals surface area contributed by atoms with Gasteiger partial charge in [0.2, 0.25) is 11.8 Å². The van der Waals surface area contributed by atoms with E-state index in [1.54, 1.807) is 32.2 Å². The Kier molecular flexibility index (Phi) is 14.9. The average Bonchev–Trinajstić information content (AvgIpc) is 3.11. The smallest absolute Gasteiger partial charge is 0.308 e. The van der Waals surface area contributed by atoms with E-state index in [1.165, 1.54) is 20.0 Å². The number of esters is 1. The molecule has 1 saturated carbocycles. The van der Waals surface area contributed by atoms with Crippen LogP contribution in [0.25, 0.3) is 0 Å². The largest absolute Gasteiger partial charge is 0.482 e. The fraction of sp³-hybridized carbons (Fsp3) is 0.634. The van der Waals surface area contributed by atoms with Crippen LogP contribution in [0.5, 0.6) is 5.75 Å². The number of sulfone groups is 1. The first-order chi connectivity index (χ1) is 25.7. The molecule has 0 spiro atoms. The molecular weight excluding hydrogens is 723 g/mol. The van der Waals surface area contributed by atoms with Crippen LogP contribution in [0.4, 0.5) is 0 Å². The van der Waals surface area contributed by atoms with Gasteiger partial charge < -0.3 is 25.4 Å². The second-order valence-electron chi connectivity index (χ2n) is 17.0. The van der Waals surface area contributed by atoms with E-state index < -0.39 is 74.7 Å². The number of nitrogens with zero attached hydrogens (tertiary/aromatic N) is 2. The lowest BCUT2D eigenvalue weighted by Gasteiger charge is -2.47. The maximum absolute atomic E-state index is 14.5. The summed E-state index contributed by atoms with van der Waals surface area (Å²) < 4.78 is 36.4. The number of ether oxygens (including phenoxy) is 2. The zero-order chi connectivity index (χ0) is 40.6. The van der Waals surface area contributed by atoms with Crippen molar-refractivity contribution in [3.8, 4) is 5.75 Å². The van der Waals surface area contributed by atoms with Crippen molar-refractivity contribution >= 4 is 33.5 Å². The molecule has 4 rings (SSSR count). The zero-order valence-electron chi connectivity index (χ0n) is 33.7. The lowest BCUT2D eigenvalue weighted by Crippen LogP contribution is -2.64. The van der Waals surface area contributed by atoms with Crippen LogP contribution in [0.3, 0.4) is 0 Å². The Labute approximate surface area is 327 Å². The molecule has 1 aromatic carbocycles. The first kappa shape index (κ1) is 43.7. The molecule has 1 aliphatic carbocycles. The van der Waals surface area contributed by atoms with E-state index in [2.05, 4.69) is 25.8 Å². The van der Waals surface area contributed by atoms with Crippen molar-refractivity contribution in [1.29, 1.82) is 0 Å². The zero-order valence-corrected chi connectivity index (χ0v) is 34.5. The predicted octanol–water partition coefficient (Wildman–Crippen LogP) is 3.86. The van der Waals surface area contributed by atoms with Crippen LogP contribution in [0, 0.1) is 17.8 Å².